The van der Waals surface area contributed by atoms with Crippen LogP contribution in [0.1, 0.15) is 19.3 Å². The number of nitrogens with zero attached hydrogens (tertiary/aromatic N) is 2. The second kappa shape index (κ2) is 7.29. The standard InChI is InChI=1S/C13H16N2O2/c14-9-5-2-6-10-15(11-13(16)17)12-7-3-1-4-8-12/h1,3-4,7-8H,2,5-6,10-11H2,(H,16,17). The van der Waals surface area contributed by atoms with Crippen molar-refractivity contribution in [3.8, 4) is 6.07 Å². The van der Waals surface area contributed by atoms with Gasteiger partial charge in [0.2, 0.25) is 0 Å². The summed E-state index contributed by atoms with van der Waals surface area (Å²) >= 11 is 0. The maximum absolute atomic E-state index is 10.8. The fourth-order valence-electron chi connectivity index (χ4n) is 1.61. The molecule has 0 amide bonds. The molecule has 0 unspecified atom stereocenters. The Morgan fingerprint density at radius 3 is 2.59 bits per heavy atom. The summed E-state index contributed by atoms with van der Waals surface area (Å²) in [6, 6.07) is 11.6. The second-order valence-electron chi connectivity index (χ2n) is 3.77. The Bertz CT molecular complexity index is 384. The van der Waals surface area contributed by atoms with Gasteiger partial charge in [-0.15, -0.1) is 0 Å². The molecular formula is C13H16N2O2. The summed E-state index contributed by atoms with van der Waals surface area (Å²) in [5.41, 5.74) is 0.909. The summed E-state index contributed by atoms with van der Waals surface area (Å²) in [6.07, 6.45) is 2.16. The van der Waals surface area contributed by atoms with Crippen molar-refractivity contribution >= 4 is 11.7 Å². The van der Waals surface area contributed by atoms with Gasteiger partial charge >= 0.3 is 5.97 Å². The Hall–Kier alpha value is -2.02. The first-order valence-corrected chi connectivity index (χ1v) is 5.63. The molecule has 0 radical (unpaired) electrons. The lowest BCUT2D eigenvalue weighted by molar-refractivity contribution is -0.135. The number of anilines is 1. The molecule has 0 spiro atoms. The van der Waals surface area contributed by atoms with Gasteiger partial charge in [-0.25, -0.2) is 0 Å². The molecule has 0 aliphatic heterocycles. The fraction of sp³-hybridized carbons (Fsp3) is 0.385. The van der Waals surface area contributed by atoms with E-state index in [-0.39, 0.29) is 6.54 Å². The predicted octanol–water partition coefficient (Wildman–Crippen LogP) is 2.27. The summed E-state index contributed by atoms with van der Waals surface area (Å²) in [5.74, 6) is -0.839. The van der Waals surface area contributed by atoms with Gasteiger partial charge in [0.1, 0.15) is 6.54 Å². The predicted molar refractivity (Wildman–Crippen MR) is 65.8 cm³/mol. The molecule has 0 saturated heterocycles. The number of hydrogen-bond donors (Lipinski definition) is 1. The minimum atomic E-state index is -0.839. The van der Waals surface area contributed by atoms with Crippen LogP contribution >= 0.6 is 0 Å². The summed E-state index contributed by atoms with van der Waals surface area (Å²) in [6.45, 7) is 0.661. The second-order valence-corrected chi connectivity index (χ2v) is 3.77. The summed E-state index contributed by atoms with van der Waals surface area (Å²) in [7, 11) is 0. The van der Waals surface area contributed by atoms with Gasteiger partial charge < -0.3 is 10.0 Å². The molecule has 90 valence electrons. The molecule has 4 heteroatoms. The van der Waals surface area contributed by atoms with Crippen molar-refractivity contribution in [1.29, 1.82) is 5.26 Å². The van der Waals surface area contributed by atoms with Gasteiger partial charge in [0.05, 0.1) is 6.07 Å². The lowest BCUT2D eigenvalue weighted by Gasteiger charge is -2.22. The van der Waals surface area contributed by atoms with Crippen LogP contribution in [0, 0.1) is 11.3 Å². The quantitative estimate of drug-likeness (QED) is 0.732. The lowest BCUT2D eigenvalue weighted by atomic mass is 10.2. The number of hydrogen-bond acceptors (Lipinski definition) is 3. The van der Waals surface area contributed by atoms with Gasteiger partial charge in [0.15, 0.2) is 0 Å². The van der Waals surface area contributed by atoms with Crippen LogP contribution in [0.5, 0.6) is 0 Å². The van der Waals surface area contributed by atoms with Crippen molar-refractivity contribution in [1.82, 2.24) is 0 Å². The van der Waals surface area contributed by atoms with E-state index in [0.717, 1.165) is 18.5 Å². The van der Waals surface area contributed by atoms with E-state index in [1.165, 1.54) is 0 Å². The number of benzene rings is 1. The average molecular weight is 232 g/mol. The van der Waals surface area contributed by atoms with Crippen LogP contribution in [-0.4, -0.2) is 24.2 Å². The average Bonchev–Trinajstić information content (AvgIpc) is 2.34. The SMILES string of the molecule is N#CCCCCN(CC(=O)O)c1ccccc1. The number of para-hydroxylation sites is 1. The highest BCUT2D eigenvalue weighted by atomic mass is 16.4. The van der Waals surface area contributed by atoms with Gasteiger partial charge in [0, 0.05) is 18.7 Å². The van der Waals surface area contributed by atoms with E-state index in [1.54, 1.807) is 0 Å². The molecule has 17 heavy (non-hydrogen) atoms. The Morgan fingerprint density at radius 2 is 2.00 bits per heavy atom. The molecule has 0 saturated carbocycles. The molecule has 4 nitrogen and oxygen atoms in total. The number of rotatable bonds is 7. The van der Waals surface area contributed by atoms with Crippen molar-refractivity contribution in [3.63, 3.8) is 0 Å². The van der Waals surface area contributed by atoms with E-state index in [1.807, 2.05) is 35.2 Å². The number of nitriles is 1. The largest absolute Gasteiger partial charge is 0.480 e. The molecule has 0 aliphatic rings. The maximum Gasteiger partial charge on any atom is 0.323 e. The highest BCUT2D eigenvalue weighted by Gasteiger charge is 2.09. The first-order valence-electron chi connectivity index (χ1n) is 5.63. The zero-order valence-corrected chi connectivity index (χ0v) is 9.67. The normalized spacial score (nSPS) is 9.59. The molecule has 1 aromatic carbocycles. The van der Waals surface area contributed by atoms with E-state index < -0.39 is 5.97 Å². The molecular weight excluding hydrogens is 216 g/mol. The third kappa shape index (κ3) is 5.03. The van der Waals surface area contributed by atoms with Gasteiger partial charge in [-0.1, -0.05) is 18.2 Å². The minimum absolute atomic E-state index is 0.00341. The topological polar surface area (TPSA) is 64.3 Å². The monoisotopic (exact) mass is 232 g/mol. The molecule has 0 aromatic heterocycles. The highest BCUT2D eigenvalue weighted by Crippen LogP contribution is 2.13. The van der Waals surface area contributed by atoms with Crippen molar-refractivity contribution in [3.05, 3.63) is 30.3 Å². The molecule has 0 heterocycles. The van der Waals surface area contributed by atoms with Gasteiger partial charge in [-0.05, 0) is 25.0 Å². The Morgan fingerprint density at radius 1 is 1.29 bits per heavy atom. The van der Waals surface area contributed by atoms with E-state index in [2.05, 4.69) is 6.07 Å². The van der Waals surface area contributed by atoms with Crippen molar-refractivity contribution in [2.24, 2.45) is 0 Å². The molecule has 0 bridgehead atoms. The van der Waals surface area contributed by atoms with Crippen LogP contribution < -0.4 is 4.90 Å². The maximum atomic E-state index is 10.8. The minimum Gasteiger partial charge on any atom is -0.480 e. The summed E-state index contributed by atoms with van der Waals surface area (Å²) < 4.78 is 0. The van der Waals surface area contributed by atoms with Gasteiger partial charge in [-0.2, -0.15) is 5.26 Å². The molecule has 0 aliphatic carbocycles. The smallest absolute Gasteiger partial charge is 0.323 e. The number of carbonyl (C=O) groups is 1. The number of carboxylic acids is 1. The number of carboxylic acid groups (broad SMARTS) is 1. The molecule has 0 atom stereocenters. The fourth-order valence-corrected chi connectivity index (χ4v) is 1.61. The van der Waals surface area contributed by atoms with Crippen LogP contribution in [0.15, 0.2) is 30.3 Å². The third-order valence-corrected chi connectivity index (χ3v) is 2.41. The first-order chi connectivity index (χ1) is 8.24. The molecule has 1 aromatic rings. The number of aliphatic carboxylic acids is 1. The van der Waals surface area contributed by atoms with E-state index in [0.29, 0.717) is 13.0 Å². The van der Waals surface area contributed by atoms with Gasteiger partial charge in [0.25, 0.3) is 0 Å². The van der Waals surface area contributed by atoms with Crippen LogP contribution in [0.4, 0.5) is 5.69 Å². The zero-order chi connectivity index (χ0) is 12.5. The Labute approximate surface area is 101 Å². The summed E-state index contributed by atoms with van der Waals surface area (Å²) in [4.78, 5) is 12.6. The van der Waals surface area contributed by atoms with Crippen LogP contribution in [0.2, 0.25) is 0 Å². The van der Waals surface area contributed by atoms with Gasteiger partial charge in [-0.3, -0.25) is 4.79 Å². The Kier molecular flexibility index (Phi) is 5.59. The Balaban J connectivity index is 2.55. The van der Waals surface area contributed by atoms with Crippen LogP contribution in [0.3, 0.4) is 0 Å². The first kappa shape index (κ1) is 13.0. The third-order valence-electron chi connectivity index (χ3n) is 2.41. The molecule has 0 fully saturated rings. The lowest BCUT2D eigenvalue weighted by Crippen LogP contribution is -2.30. The summed E-state index contributed by atoms with van der Waals surface area (Å²) in [5, 5.41) is 17.3. The molecule has 1 N–H and O–H groups in total. The zero-order valence-electron chi connectivity index (χ0n) is 9.67. The van der Waals surface area contributed by atoms with E-state index in [9.17, 15) is 4.79 Å². The number of unbranched alkanes of at least 4 members (excludes halogenated alkanes) is 2. The van der Waals surface area contributed by atoms with E-state index in [4.69, 9.17) is 10.4 Å². The van der Waals surface area contributed by atoms with Crippen molar-refractivity contribution in [2.75, 3.05) is 18.0 Å². The van der Waals surface area contributed by atoms with Crippen LogP contribution in [-0.2, 0) is 4.79 Å². The molecule has 1 rings (SSSR count). The van der Waals surface area contributed by atoms with Crippen LogP contribution in [0.25, 0.3) is 0 Å². The van der Waals surface area contributed by atoms with Crippen molar-refractivity contribution < 1.29 is 9.90 Å². The van der Waals surface area contributed by atoms with Crippen molar-refractivity contribution in [2.45, 2.75) is 19.3 Å². The van der Waals surface area contributed by atoms with E-state index >= 15 is 0 Å². The highest BCUT2D eigenvalue weighted by molar-refractivity contribution is 5.73.